The van der Waals surface area contributed by atoms with Crippen LogP contribution < -0.4 is 5.32 Å². The summed E-state index contributed by atoms with van der Waals surface area (Å²) in [5.74, 6) is 0.0457. The molecule has 2 aliphatic heterocycles. The van der Waals surface area contributed by atoms with Gasteiger partial charge < -0.3 is 19.9 Å². The number of hydrogen-bond acceptors (Lipinski definition) is 4. The summed E-state index contributed by atoms with van der Waals surface area (Å²) in [4.78, 5) is 43.9. The van der Waals surface area contributed by atoms with Crippen LogP contribution in [0.2, 0.25) is 0 Å². The third kappa shape index (κ3) is 5.82. The monoisotopic (exact) mass is 533 g/mol. The summed E-state index contributed by atoms with van der Waals surface area (Å²) in [5, 5.41) is 3.03. The molecule has 0 radical (unpaired) electrons. The Balaban J connectivity index is 1.51. The highest BCUT2D eigenvalue weighted by atomic mass is 79.9. The van der Waals surface area contributed by atoms with Crippen LogP contribution in [-0.4, -0.2) is 66.9 Å². The molecule has 4 atom stereocenters. The third-order valence-corrected chi connectivity index (χ3v) is 7.86. The van der Waals surface area contributed by atoms with Crippen LogP contribution in [0, 0.1) is 23.7 Å². The summed E-state index contributed by atoms with van der Waals surface area (Å²) < 4.78 is 6.18. The van der Waals surface area contributed by atoms with E-state index in [1.165, 1.54) is 0 Å². The Morgan fingerprint density at radius 3 is 2.29 bits per heavy atom. The van der Waals surface area contributed by atoms with Crippen LogP contribution in [0.1, 0.15) is 56.3 Å². The lowest BCUT2D eigenvalue weighted by Gasteiger charge is -2.36. The van der Waals surface area contributed by atoms with E-state index in [9.17, 15) is 14.4 Å². The molecule has 34 heavy (non-hydrogen) atoms. The molecule has 7 nitrogen and oxygen atoms in total. The average Bonchev–Trinajstić information content (AvgIpc) is 2.84. The SMILES string of the molecule is C[C@@H]1C[C@H](C)CN(C(=O)c2cc(Br)ccc2NC(=O)C2CCCCC2C(=O)N2CCOCC2)C1. The zero-order valence-electron chi connectivity index (χ0n) is 20.2. The number of halogens is 1. The maximum Gasteiger partial charge on any atom is 0.256 e. The van der Waals surface area contributed by atoms with E-state index in [0.717, 1.165) is 43.2 Å². The fourth-order valence-corrected chi connectivity index (χ4v) is 6.15. The van der Waals surface area contributed by atoms with Crippen molar-refractivity contribution in [3.8, 4) is 0 Å². The number of carbonyl (C=O) groups is 3. The van der Waals surface area contributed by atoms with E-state index in [-0.39, 0.29) is 29.6 Å². The highest BCUT2D eigenvalue weighted by Crippen LogP contribution is 2.34. The minimum Gasteiger partial charge on any atom is -0.378 e. The molecule has 3 fully saturated rings. The number of likely N-dealkylation sites (tertiary alicyclic amines) is 1. The second kappa shape index (κ2) is 11.2. The standard InChI is InChI=1S/C26H36BrN3O4/c1-17-13-18(2)16-30(15-17)26(33)22-14-19(27)7-8-23(22)28-24(31)20-5-3-4-6-21(20)25(32)29-9-11-34-12-10-29/h7-8,14,17-18,20-21H,3-6,9-13,15-16H2,1-2H3,(H,28,31)/t17-,18+,20?,21?. The van der Waals surface area contributed by atoms with Crippen molar-refractivity contribution in [1.82, 2.24) is 9.80 Å². The molecule has 1 saturated carbocycles. The molecule has 2 unspecified atom stereocenters. The number of morpholine rings is 1. The number of ether oxygens (including phenoxy) is 1. The highest BCUT2D eigenvalue weighted by Gasteiger charge is 2.38. The first-order valence-corrected chi connectivity index (χ1v) is 13.4. The van der Waals surface area contributed by atoms with Gasteiger partial charge in [0.1, 0.15) is 0 Å². The highest BCUT2D eigenvalue weighted by molar-refractivity contribution is 9.10. The van der Waals surface area contributed by atoms with E-state index in [1.54, 1.807) is 12.1 Å². The van der Waals surface area contributed by atoms with Gasteiger partial charge in [0, 0.05) is 42.5 Å². The lowest BCUT2D eigenvalue weighted by Crippen LogP contribution is -2.48. The summed E-state index contributed by atoms with van der Waals surface area (Å²) in [5.41, 5.74) is 1.02. The fraction of sp³-hybridized carbons (Fsp3) is 0.654. The average molecular weight is 534 g/mol. The van der Waals surface area contributed by atoms with Crippen molar-refractivity contribution in [3.63, 3.8) is 0 Å². The van der Waals surface area contributed by atoms with Crippen LogP contribution in [0.25, 0.3) is 0 Å². The lowest BCUT2D eigenvalue weighted by atomic mass is 9.77. The van der Waals surface area contributed by atoms with Gasteiger partial charge >= 0.3 is 0 Å². The second-order valence-electron chi connectivity index (χ2n) is 10.3. The maximum absolute atomic E-state index is 13.5. The minimum absolute atomic E-state index is 0.0559. The van der Waals surface area contributed by atoms with Crippen LogP contribution in [0.15, 0.2) is 22.7 Å². The van der Waals surface area contributed by atoms with Crippen LogP contribution in [0.4, 0.5) is 5.69 Å². The predicted octanol–water partition coefficient (Wildman–Crippen LogP) is 4.17. The number of benzene rings is 1. The molecular formula is C26H36BrN3O4. The van der Waals surface area contributed by atoms with Gasteiger partial charge in [0.05, 0.1) is 24.5 Å². The molecule has 3 aliphatic rings. The number of nitrogens with one attached hydrogen (secondary N) is 1. The van der Waals surface area contributed by atoms with Crippen molar-refractivity contribution in [1.29, 1.82) is 0 Å². The van der Waals surface area contributed by atoms with Crippen LogP contribution >= 0.6 is 15.9 Å². The molecule has 0 aromatic heterocycles. The molecular weight excluding hydrogens is 498 g/mol. The Bertz CT molecular complexity index is 907. The Hall–Kier alpha value is -1.93. The maximum atomic E-state index is 13.5. The van der Waals surface area contributed by atoms with Gasteiger partial charge in [0.15, 0.2) is 0 Å². The van der Waals surface area contributed by atoms with E-state index in [4.69, 9.17) is 4.74 Å². The van der Waals surface area contributed by atoms with E-state index < -0.39 is 0 Å². The lowest BCUT2D eigenvalue weighted by molar-refractivity contribution is -0.145. The van der Waals surface area contributed by atoms with Crippen molar-refractivity contribution >= 4 is 39.3 Å². The number of nitrogens with zero attached hydrogens (tertiary/aromatic N) is 2. The number of piperidine rings is 1. The molecule has 1 aliphatic carbocycles. The van der Waals surface area contributed by atoms with E-state index in [0.29, 0.717) is 55.8 Å². The molecule has 3 amide bonds. The molecule has 2 heterocycles. The molecule has 1 N–H and O–H groups in total. The van der Waals surface area contributed by atoms with Gasteiger partial charge in [-0.25, -0.2) is 0 Å². The van der Waals surface area contributed by atoms with Crippen molar-refractivity contribution in [3.05, 3.63) is 28.2 Å². The van der Waals surface area contributed by atoms with E-state index in [2.05, 4.69) is 35.1 Å². The number of rotatable bonds is 4. The quantitative estimate of drug-likeness (QED) is 0.629. The summed E-state index contributed by atoms with van der Waals surface area (Å²) in [7, 11) is 0. The van der Waals surface area contributed by atoms with E-state index in [1.807, 2.05) is 15.9 Å². The van der Waals surface area contributed by atoms with Gasteiger partial charge in [-0.1, -0.05) is 42.6 Å². The first kappa shape index (κ1) is 25.2. The summed E-state index contributed by atoms with van der Waals surface area (Å²) in [6.45, 7) is 8.07. The smallest absolute Gasteiger partial charge is 0.256 e. The predicted molar refractivity (Wildman–Crippen MR) is 134 cm³/mol. The Kier molecular flexibility index (Phi) is 8.30. The molecule has 2 saturated heterocycles. The van der Waals surface area contributed by atoms with Crippen LogP contribution in [0.3, 0.4) is 0 Å². The molecule has 1 aromatic carbocycles. The Morgan fingerprint density at radius 2 is 1.62 bits per heavy atom. The van der Waals surface area contributed by atoms with Gasteiger partial charge in [0.2, 0.25) is 11.8 Å². The van der Waals surface area contributed by atoms with Gasteiger partial charge in [-0.3, -0.25) is 14.4 Å². The number of anilines is 1. The Labute approximate surface area is 210 Å². The third-order valence-electron chi connectivity index (χ3n) is 7.37. The second-order valence-corrected chi connectivity index (χ2v) is 11.2. The summed E-state index contributed by atoms with van der Waals surface area (Å²) >= 11 is 3.48. The van der Waals surface area contributed by atoms with Crippen molar-refractivity contribution in [2.45, 2.75) is 46.0 Å². The molecule has 0 bridgehead atoms. The van der Waals surface area contributed by atoms with Gasteiger partial charge in [0.25, 0.3) is 5.91 Å². The molecule has 0 spiro atoms. The van der Waals surface area contributed by atoms with Gasteiger partial charge in [-0.05, 0) is 49.3 Å². The van der Waals surface area contributed by atoms with Gasteiger partial charge in [-0.2, -0.15) is 0 Å². The summed E-state index contributed by atoms with van der Waals surface area (Å²) in [6.07, 6.45) is 4.42. The first-order chi connectivity index (χ1) is 16.3. The Morgan fingerprint density at radius 1 is 0.971 bits per heavy atom. The van der Waals surface area contributed by atoms with E-state index >= 15 is 0 Å². The molecule has 186 valence electrons. The summed E-state index contributed by atoms with van der Waals surface area (Å²) in [6, 6.07) is 5.41. The number of carbonyl (C=O) groups excluding carboxylic acids is 3. The molecule has 1 aromatic rings. The zero-order chi connectivity index (χ0) is 24.2. The number of amides is 3. The topological polar surface area (TPSA) is 79.0 Å². The fourth-order valence-electron chi connectivity index (χ4n) is 5.79. The minimum atomic E-state index is -0.384. The van der Waals surface area contributed by atoms with Crippen LogP contribution in [0.5, 0.6) is 0 Å². The van der Waals surface area contributed by atoms with Gasteiger partial charge in [-0.15, -0.1) is 0 Å². The van der Waals surface area contributed by atoms with Crippen LogP contribution in [-0.2, 0) is 14.3 Å². The largest absolute Gasteiger partial charge is 0.378 e. The number of hydrogen-bond donors (Lipinski definition) is 1. The molecule has 4 rings (SSSR count). The van der Waals surface area contributed by atoms with Crippen molar-refractivity contribution < 1.29 is 19.1 Å². The normalized spacial score (nSPS) is 27.9. The van der Waals surface area contributed by atoms with Crippen molar-refractivity contribution in [2.75, 3.05) is 44.7 Å². The zero-order valence-corrected chi connectivity index (χ0v) is 21.8. The van der Waals surface area contributed by atoms with Crippen molar-refractivity contribution in [2.24, 2.45) is 23.7 Å². The first-order valence-electron chi connectivity index (χ1n) is 12.6. The molecule has 8 heteroatoms.